The van der Waals surface area contributed by atoms with Gasteiger partial charge in [0.25, 0.3) is 11.8 Å². The summed E-state index contributed by atoms with van der Waals surface area (Å²) < 4.78 is 10.6. The standard InChI is InChI=1S/C21H20N2O5S/c1-3-27-21(26)17-12(2)18(19(22)25)29-20(17)23-16(24)11-28-15-9-8-13-6-4-5-7-14(13)10-15/h4-10H,3,11H2,1-2H3,(H2,22,25)(H,23,24). The SMILES string of the molecule is CCOC(=O)c1c(NC(=O)COc2ccc3ccccc3c2)sc(C(N)=O)c1C. The summed E-state index contributed by atoms with van der Waals surface area (Å²) in [7, 11) is 0. The van der Waals surface area contributed by atoms with Crippen molar-refractivity contribution in [2.75, 3.05) is 18.5 Å². The first-order valence-electron chi connectivity index (χ1n) is 8.92. The van der Waals surface area contributed by atoms with Crippen molar-refractivity contribution in [2.24, 2.45) is 5.73 Å². The molecular formula is C21H20N2O5S. The van der Waals surface area contributed by atoms with Crippen LogP contribution in [0, 0.1) is 6.92 Å². The summed E-state index contributed by atoms with van der Waals surface area (Å²) in [4.78, 5) is 36.4. The van der Waals surface area contributed by atoms with Crippen LogP contribution in [0.25, 0.3) is 10.8 Å². The van der Waals surface area contributed by atoms with Gasteiger partial charge < -0.3 is 20.5 Å². The lowest BCUT2D eigenvalue weighted by Crippen LogP contribution is -2.21. The first-order chi connectivity index (χ1) is 13.9. The van der Waals surface area contributed by atoms with E-state index in [4.69, 9.17) is 15.2 Å². The molecule has 3 aromatic rings. The molecule has 0 atom stereocenters. The molecule has 0 aliphatic rings. The van der Waals surface area contributed by atoms with Gasteiger partial charge in [-0.15, -0.1) is 11.3 Å². The monoisotopic (exact) mass is 412 g/mol. The van der Waals surface area contributed by atoms with E-state index in [1.807, 2.05) is 36.4 Å². The maximum Gasteiger partial charge on any atom is 0.341 e. The molecule has 150 valence electrons. The average Bonchev–Trinajstić information content (AvgIpc) is 3.02. The molecule has 3 N–H and O–H groups in total. The summed E-state index contributed by atoms with van der Waals surface area (Å²) in [5.74, 6) is -1.23. The number of rotatable bonds is 7. The lowest BCUT2D eigenvalue weighted by molar-refractivity contribution is -0.118. The Morgan fingerprint density at radius 1 is 1.10 bits per heavy atom. The van der Waals surface area contributed by atoms with Gasteiger partial charge in [0.05, 0.1) is 17.0 Å². The summed E-state index contributed by atoms with van der Waals surface area (Å²) in [5.41, 5.74) is 5.87. The molecule has 0 unspecified atom stereocenters. The number of esters is 1. The van der Waals surface area contributed by atoms with Gasteiger partial charge in [-0.25, -0.2) is 4.79 Å². The zero-order valence-corrected chi connectivity index (χ0v) is 16.8. The number of amides is 2. The Labute approximate surface area is 171 Å². The molecule has 7 nitrogen and oxygen atoms in total. The highest BCUT2D eigenvalue weighted by Crippen LogP contribution is 2.33. The van der Waals surface area contributed by atoms with Crippen molar-refractivity contribution in [3.63, 3.8) is 0 Å². The number of hydrogen-bond donors (Lipinski definition) is 2. The van der Waals surface area contributed by atoms with Gasteiger partial charge in [0.15, 0.2) is 6.61 Å². The molecule has 0 bridgehead atoms. The number of nitrogens with two attached hydrogens (primary N) is 1. The zero-order chi connectivity index (χ0) is 21.0. The molecule has 0 radical (unpaired) electrons. The molecule has 0 fully saturated rings. The minimum absolute atomic E-state index is 0.129. The number of fused-ring (bicyclic) bond motifs is 1. The maximum atomic E-state index is 12.4. The molecule has 3 rings (SSSR count). The lowest BCUT2D eigenvalue weighted by atomic mass is 10.1. The highest BCUT2D eigenvalue weighted by atomic mass is 32.1. The highest BCUT2D eigenvalue weighted by Gasteiger charge is 2.25. The van der Waals surface area contributed by atoms with Gasteiger partial charge in [0.1, 0.15) is 10.8 Å². The smallest absolute Gasteiger partial charge is 0.341 e. The van der Waals surface area contributed by atoms with Crippen LogP contribution in [0.15, 0.2) is 42.5 Å². The Bertz CT molecular complexity index is 1090. The number of thiophene rings is 1. The Morgan fingerprint density at radius 2 is 1.83 bits per heavy atom. The van der Waals surface area contributed by atoms with Crippen LogP contribution in [0.5, 0.6) is 5.75 Å². The molecule has 0 aliphatic heterocycles. The Morgan fingerprint density at radius 3 is 2.52 bits per heavy atom. The van der Waals surface area contributed by atoms with Crippen molar-refractivity contribution in [3.05, 3.63) is 58.5 Å². The fraction of sp³-hybridized carbons (Fsp3) is 0.190. The molecule has 2 aromatic carbocycles. The van der Waals surface area contributed by atoms with Crippen LogP contribution in [0.4, 0.5) is 5.00 Å². The van der Waals surface area contributed by atoms with Crippen LogP contribution in [-0.4, -0.2) is 31.0 Å². The number of carbonyl (C=O) groups excluding carboxylic acids is 3. The van der Waals surface area contributed by atoms with Gasteiger partial charge in [0, 0.05) is 0 Å². The van der Waals surface area contributed by atoms with Gasteiger partial charge in [-0.3, -0.25) is 9.59 Å². The van der Waals surface area contributed by atoms with E-state index in [0.717, 1.165) is 22.1 Å². The third kappa shape index (κ3) is 4.55. The van der Waals surface area contributed by atoms with Crippen molar-refractivity contribution >= 4 is 44.9 Å². The van der Waals surface area contributed by atoms with E-state index < -0.39 is 17.8 Å². The molecule has 1 aromatic heterocycles. The average molecular weight is 412 g/mol. The van der Waals surface area contributed by atoms with Gasteiger partial charge >= 0.3 is 5.97 Å². The minimum Gasteiger partial charge on any atom is -0.484 e. The summed E-state index contributed by atoms with van der Waals surface area (Å²) in [5, 5.41) is 4.89. The number of anilines is 1. The quantitative estimate of drug-likeness (QED) is 0.578. The summed E-state index contributed by atoms with van der Waals surface area (Å²) in [6, 6.07) is 13.3. The second kappa shape index (κ2) is 8.74. The number of benzene rings is 2. The van der Waals surface area contributed by atoms with E-state index in [1.165, 1.54) is 0 Å². The van der Waals surface area contributed by atoms with Gasteiger partial charge in [-0.05, 0) is 42.3 Å². The van der Waals surface area contributed by atoms with Gasteiger partial charge in [0.2, 0.25) is 0 Å². The number of nitrogens with one attached hydrogen (secondary N) is 1. The highest BCUT2D eigenvalue weighted by molar-refractivity contribution is 7.18. The van der Waals surface area contributed by atoms with Crippen LogP contribution in [-0.2, 0) is 9.53 Å². The molecule has 2 amide bonds. The largest absolute Gasteiger partial charge is 0.484 e. The Hall–Kier alpha value is -3.39. The maximum absolute atomic E-state index is 12.4. The van der Waals surface area contributed by atoms with Crippen LogP contribution in [0.3, 0.4) is 0 Å². The van der Waals surface area contributed by atoms with E-state index in [-0.39, 0.29) is 28.7 Å². The van der Waals surface area contributed by atoms with Crippen molar-refractivity contribution in [2.45, 2.75) is 13.8 Å². The molecule has 0 aliphatic carbocycles. The zero-order valence-electron chi connectivity index (χ0n) is 16.0. The van der Waals surface area contributed by atoms with E-state index in [9.17, 15) is 14.4 Å². The van der Waals surface area contributed by atoms with Crippen LogP contribution in [0.1, 0.15) is 32.5 Å². The third-order valence-electron chi connectivity index (χ3n) is 4.19. The van der Waals surface area contributed by atoms with Crippen molar-refractivity contribution < 1.29 is 23.9 Å². The predicted octanol–water partition coefficient (Wildman–Crippen LogP) is 3.50. The van der Waals surface area contributed by atoms with Gasteiger partial charge in [-0.1, -0.05) is 30.3 Å². The molecule has 29 heavy (non-hydrogen) atoms. The number of hydrogen-bond acceptors (Lipinski definition) is 6. The fourth-order valence-electron chi connectivity index (χ4n) is 2.85. The van der Waals surface area contributed by atoms with Crippen molar-refractivity contribution in [3.8, 4) is 5.75 Å². The molecule has 0 saturated carbocycles. The number of carbonyl (C=O) groups is 3. The summed E-state index contributed by atoms with van der Waals surface area (Å²) >= 11 is 0.937. The van der Waals surface area contributed by atoms with E-state index in [2.05, 4.69) is 5.32 Å². The second-order valence-electron chi connectivity index (χ2n) is 6.19. The van der Waals surface area contributed by atoms with E-state index >= 15 is 0 Å². The van der Waals surface area contributed by atoms with Crippen LogP contribution < -0.4 is 15.8 Å². The summed E-state index contributed by atoms with van der Waals surface area (Å²) in [6.45, 7) is 3.16. The first-order valence-corrected chi connectivity index (χ1v) is 9.74. The van der Waals surface area contributed by atoms with Crippen LogP contribution >= 0.6 is 11.3 Å². The van der Waals surface area contributed by atoms with Gasteiger partial charge in [-0.2, -0.15) is 0 Å². The van der Waals surface area contributed by atoms with Crippen molar-refractivity contribution in [1.29, 1.82) is 0 Å². The third-order valence-corrected chi connectivity index (χ3v) is 5.42. The molecule has 8 heteroatoms. The normalized spacial score (nSPS) is 10.6. The fourth-order valence-corrected chi connectivity index (χ4v) is 3.92. The number of ether oxygens (including phenoxy) is 2. The Kier molecular flexibility index (Phi) is 6.13. The topological polar surface area (TPSA) is 108 Å². The Balaban J connectivity index is 1.74. The minimum atomic E-state index is -0.675. The molecule has 0 saturated heterocycles. The molecule has 1 heterocycles. The summed E-state index contributed by atoms with van der Waals surface area (Å²) in [6.07, 6.45) is 0. The lowest BCUT2D eigenvalue weighted by Gasteiger charge is -2.09. The van der Waals surface area contributed by atoms with E-state index in [1.54, 1.807) is 19.9 Å². The predicted molar refractivity (Wildman–Crippen MR) is 112 cm³/mol. The second-order valence-corrected chi connectivity index (χ2v) is 7.21. The van der Waals surface area contributed by atoms with Crippen LogP contribution in [0.2, 0.25) is 0 Å². The first kappa shape index (κ1) is 20.3. The molecular weight excluding hydrogens is 392 g/mol. The molecule has 0 spiro atoms. The number of primary amides is 1. The van der Waals surface area contributed by atoms with E-state index in [0.29, 0.717) is 11.3 Å². The van der Waals surface area contributed by atoms with Crippen molar-refractivity contribution in [1.82, 2.24) is 0 Å².